The van der Waals surface area contributed by atoms with Gasteiger partial charge in [-0.05, 0) is 0 Å². The zero-order valence-corrected chi connectivity index (χ0v) is 5.77. The van der Waals surface area contributed by atoms with Gasteiger partial charge in [0.15, 0.2) is 0 Å². The van der Waals surface area contributed by atoms with Crippen molar-refractivity contribution in [2.24, 2.45) is 0 Å². The topological polar surface area (TPSA) is 0 Å². The third kappa shape index (κ3) is 0.834. The molecule has 0 aromatic carbocycles. The molecular formula is C5H6I-. The van der Waals surface area contributed by atoms with Crippen molar-refractivity contribution in [3.63, 3.8) is 0 Å². The van der Waals surface area contributed by atoms with Gasteiger partial charge in [0.2, 0.25) is 0 Å². The number of rotatable bonds is 0. The molecule has 0 spiro atoms. The summed E-state index contributed by atoms with van der Waals surface area (Å²) in [6.07, 6.45) is 4.33. The molecule has 0 saturated heterocycles. The molecule has 0 unspecified atom stereocenters. The normalized spacial score (nSPS) is 19.8. The fourth-order valence-electron chi connectivity index (χ4n) is 0.341. The summed E-state index contributed by atoms with van der Waals surface area (Å²) in [5.41, 5.74) is 0. The Kier molecular flexibility index (Phi) is 1.29. The van der Waals surface area contributed by atoms with E-state index in [4.69, 9.17) is 0 Å². The second-order valence-corrected chi connectivity index (χ2v) is 4.22. The van der Waals surface area contributed by atoms with Crippen LogP contribution in [0.5, 0.6) is 0 Å². The molecule has 0 aromatic heterocycles. The van der Waals surface area contributed by atoms with E-state index < -0.39 is 0 Å². The fraction of sp³-hybridized carbons (Fsp3) is 0.200. The van der Waals surface area contributed by atoms with Crippen molar-refractivity contribution >= 4 is 0 Å². The van der Waals surface area contributed by atoms with E-state index in [0.717, 1.165) is 0 Å². The molecule has 0 aromatic rings. The van der Waals surface area contributed by atoms with Crippen molar-refractivity contribution in [2.45, 2.75) is 6.92 Å². The minimum atomic E-state index is 0.360. The van der Waals surface area contributed by atoms with Crippen LogP contribution < -0.4 is 21.2 Å². The molecule has 0 radical (unpaired) electrons. The summed E-state index contributed by atoms with van der Waals surface area (Å²) in [5.74, 6) is 0. The van der Waals surface area contributed by atoms with Gasteiger partial charge in [-0.15, -0.1) is 0 Å². The summed E-state index contributed by atoms with van der Waals surface area (Å²) < 4.78 is 3.85. The Labute approximate surface area is 48.2 Å². The van der Waals surface area contributed by atoms with Gasteiger partial charge in [0.1, 0.15) is 0 Å². The molecule has 0 amide bonds. The maximum atomic E-state index is 2.27. The first-order valence-corrected chi connectivity index (χ1v) is 4.19. The van der Waals surface area contributed by atoms with Crippen LogP contribution in [0.15, 0.2) is 19.8 Å². The quantitative estimate of drug-likeness (QED) is 0.411. The first-order valence-electron chi connectivity index (χ1n) is 1.86. The van der Waals surface area contributed by atoms with Crippen LogP contribution >= 0.6 is 0 Å². The van der Waals surface area contributed by atoms with E-state index in [1.807, 2.05) is 0 Å². The Morgan fingerprint density at radius 3 is 2.67 bits per heavy atom. The van der Waals surface area contributed by atoms with E-state index in [0.29, 0.717) is 21.2 Å². The van der Waals surface area contributed by atoms with Crippen molar-refractivity contribution in [3.05, 3.63) is 19.8 Å². The van der Waals surface area contributed by atoms with Crippen LogP contribution in [-0.4, -0.2) is 0 Å². The minimum absolute atomic E-state index is 0.360. The molecule has 0 N–H and O–H groups in total. The van der Waals surface area contributed by atoms with Crippen molar-refractivity contribution in [1.29, 1.82) is 0 Å². The van der Waals surface area contributed by atoms with Crippen LogP contribution in [0.3, 0.4) is 0 Å². The number of hydrogen-bond donors (Lipinski definition) is 0. The van der Waals surface area contributed by atoms with Gasteiger partial charge in [-0.1, -0.05) is 0 Å². The zero-order chi connectivity index (χ0) is 4.41. The number of hydrogen-bond acceptors (Lipinski definition) is 0. The van der Waals surface area contributed by atoms with Gasteiger partial charge in [0.25, 0.3) is 0 Å². The second kappa shape index (κ2) is 1.78. The molecule has 1 heteroatoms. The number of halogens is 1. The summed E-state index contributed by atoms with van der Waals surface area (Å²) in [4.78, 5) is 0. The molecule has 1 rings (SSSR count). The van der Waals surface area contributed by atoms with Crippen molar-refractivity contribution in [3.8, 4) is 0 Å². The maximum absolute atomic E-state index is 2.27. The monoisotopic (exact) mass is 193 g/mol. The van der Waals surface area contributed by atoms with Crippen LogP contribution in [-0.2, 0) is 0 Å². The average molecular weight is 193 g/mol. The third-order valence-corrected chi connectivity index (χ3v) is 2.75. The average Bonchev–Trinajstić information content (AvgIpc) is 1.86. The molecule has 0 atom stereocenters. The van der Waals surface area contributed by atoms with Crippen molar-refractivity contribution < 1.29 is 21.2 Å². The van der Waals surface area contributed by atoms with E-state index in [1.54, 1.807) is 3.58 Å². The molecule has 0 nitrogen and oxygen atoms in total. The Hall–Kier alpha value is 0.210. The van der Waals surface area contributed by atoms with Crippen LogP contribution in [0, 0.1) is 0 Å². The van der Waals surface area contributed by atoms with E-state index in [1.165, 1.54) is 0 Å². The van der Waals surface area contributed by atoms with Crippen molar-refractivity contribution in [2.75, 3.05) is 0 Å². The molecule has 6 heavy (non-hydrogen) atoms. The Morgan fingerprint density at radius 2 is 2.50 bits per heavy atom. The zero-order valence-electron chi connectivity index (χ0n) is 3.61. The fourth-order valence-corrected chi connectivity index (χ4v) is 1.74. The SMILES string of the molecule is CC1=CC=C[I-]1. The third-order valence-electron chi connectivity index (χ3n) is 0.634. The van der Waals surface area contributed by atoms with Gasteiger partial charge in [-0.2, -0.15) is 0 Å². The van der Waals surface area contributed by atoms with E-state index in [2.05, 4.69) is 23.2 Å². The first-order chi connectivity index (χ1) is 2.89. The Balaban J connectivity index is 2.61. The first kappa shape index (κ1) is 4.37. The van der Waals surface area contributed by atoms with Crippen LogP contribution in [0.2, 0.25) is 0 Å². The predicted molar refractivity (Wildman–Crippen MR) is 22.9 cm³/mol. The molecule has 1 aliphatic rings. The Bertz CT molecular complexity index is 101. The van der Waals surface area contributed by atoms with Crippen LogP contribution in [0.25, 0.3) is 0 Å². The van der Waals surface area contributed by atoms with E-state index in [-0.39, 0.29) is 0 Å². The number of allylic oxidation sites excluding steroid dienone is 3. The van der Waals surface area contributed by atoms with Gasteiger partial charge in [-0.3, -0.25) is 0 Å². The Morgan fingerprint density at radius 1 is 1.67 bits per heavy atom. The molecule has 1 aliphatic heterocycles. The van der Waals surface area contributed by atoms with Crippen LogP contribution in [0.4, 0.5) is 0 Å². The van der Waals surface area contributed by atoms with Gasteiger partial charge >= 0.3 is 47.9 Å². The molecule has 0 saturated carbocycles. The summed E-state index contributed by atoms with van der Waals surface area (Å²) in [6.45, 7) is 2.19. The molecule has 0 aliphatic carbocycles. The molecule has 0 bridgehead atoms. The molecule has 34 valence electrons. The summed E-state index contributed by atoms with van der Waals surface area (Å²) in [5, 5.41) is 0. The summed E-state index contributed by atoms with van der Waals surface area (Å²) in [7, 11) is 0. The molecular weight excluding hydrogens is 187 g/mol. The summed E-state index contributed by atoms with van der Waals surface area (Å²) in [6, 6.07) is 0. The van der Waals surface area contributed by atoms with Gasteiger partial charge in [-0.25, -0.2) is 0 Å². The standard InChI is InChI=1S/C5H6I/c1-5-3-2-4-6-5/h2-4H,1H3/q-1. The summed E-state index contributed by atoms with van der Waals surface area (Å²) >= 11 is 0.360. The van der Waals surface area contributed by atoms with Gasteiger partial charge in [0.05, 0.1) is 0 Å². The molecule has 1 heterocycles. The van der Waals surface area contributed by atoms with Crippen molar-refractivity contribution in [1.82, 2.24) is 0 Å². The predicted octanol–water partition coefficient (Wildman–Crippen LogP) is -1.49. The van der Waals surface area contributed by atoms with E-state index >= 15 is 0 Å². The molecule has 0 fully saturated rings. The van der Waals surface area contributed by atoms with Gasteiger partial charge < -0.3 is 0 Å². The second-order valence-electron chi connectivity index (χ2n) is 1.18. The van der Waals surface area contributed by atoms with E-state index in [9.17, 15) is 0 Å². The van der Waals surface area contributed by atoms with Crippen LogP contribution in [0.1, 0.15) is 6.92 Å². The van der Waals surface area contributed by atoms with Gasteiger partial charge in [0, 0.05) is 0 Å².